The van der Waals surface area contributed by atoms with E-state index in [1.54, 1.807) is 24.3 Å². The van der Waals surface area contributed by atoms with E-state index in [-0.39, 0.29) is 0 Å². The molecular formula is C9H8ClFO. The molecule has 0 aliphatic carbocycles. The third-order valence-corrected chi connectivity index (χ3v) is 1.60. The molecular weight excluding hydrogens is 179 g/mol. The zero-order valence-electron chi connectivity index (χ0n) is 6.30. The van der Waals surface area contributed by atoms with Crippen molar-refractivity contribution in [1.82, 2.24) is 0 Å². The molecule has 1 aromatic carbocycles. The van der Waals surface area contributed by atoms with Gasteiger partial charge < -0.3 is 5.11 Å². The standard InChI is InChI=1S/C9H8ClFO/c10-8-3-1-7(2-4-8)5-9(11)6-12/h1-5,12H,6H2/b9-5+. The molecule has 3 heteroatoms. The minimum atomic E-state index is -0.567. The van der Waals surface area contributed by atoms with Crippen molar-refractivity contribution < 1.29 is 9.50 Å². The number of aliphatic hydroxyl groups is 1. The molecule has 1 N–H and O–H groups in total. The first-order valence-corrected chi connectivity index (χ1v) is 3.82. The van der Waals surface area contributed by atoms with Crippen molar-refractivity contribution in [2.45, 2.75) is 0 Å². The number of rotatable bonds is 2. The first kappa shape index (κ1) is 9.23. The molecule has 0 fully saturated rings. The van der Waals surface area contributed by atoms with Gasteiger partial charge in [-0.25, -0.2) is 4.39 Å². The molecule has 0 saturated heterocycles. The van der Waals surface area contributed by atoms with Crippen molar-refractivity contribution in [2.24, 2.45) is 0 Å². The van der Waals surface area contributed by atoms with Crippen LogP contribution in [0.5, 0.6) is 0 Å². The van der Waals surface area contributed by atoms with E-state index < -0.39 is 12.4 Å². The average molecular weight is 187 g/mol. The molecule has 0 heterocycles. The molecule has 0 aliphatic heterocycles. The van der Waals surface area contributed by atoms with Crippen LogP contribution >= 0.6 is 11.6 Å². The van der Waals surface area contributed by atoms with Gasteiger partial charge in [0.15, 0.2) is 0 Å². The number of hydrogen-bond donors (Lipinski definition) is 1. The van der Waals surface area contributed by atoms with E-state index in [0.29, 0.717) is 10.6 Å². The van der Waals surface area contributed by atoms with Crippen molar-refractivity contribution in [3.05, 3.63) is 40.7 Å². The van der Waals surface area contributed by atoms with E-state index in [0.717, 1.165) is 0 Å². The molecule has 0 bridgehead atoms. The summed E-state index contributed by atoms with van der Waals surface area (Å²) in [5, 5.41) is 8.99. The summed E-state index contributed by atoms with van der Waals surface area (Å²) in [6.45, 7) is -0.567. The summed E-state index contributed by atoms with van der Waals surface area (Å²) in [5.41, 5.74) is 0.686. The Hall–Kier alpha value is -0.860. The molecule has 0 spiro atoms. The topological polar surface area (TPSA) is 20.2 Å². The lowest BCUT2D eigenvalue weighted by Gasteiger charge is -1.93. The van der Waals surface area contributed by atoms with Crippen LogP contribution in [0.3, 0.4) is 0 Å². The summed E-state index contributed by atoms with van der Waals surface area (Å²) in [4.78, 5) is 0. The molecule has 12 heavy (non-hydrogen) atoms. The predicted octanol–water partition coefficient (Wildman–Crippen LogP) is 2.64. The molecule has 0 aromatic heterocycles. The minimum Gasteiger partial charge on any atom is -0.389 e. The fourth-order valence-electron chi connectivity index (χ4n) is 0.785. The predicted molar refractivity (Wildman–Crippen MR) is 47.6 cm³/mol. The van der Waals surface area contributed by atoms with E-state index in [9.17, 15) is 4.39 Å². The molecule has 0 saturated carbocycles. The van der Waals surface area contributed by atoms with Crippen LogP contribution in [0.15, 0.2) is 30.1 Å². The molecule has 0 aliphatic rings. The molecule has 0 amide bonds. The third kappa shape index (κ3) is 2.64. The summed E-state index contributed by atoms with van der Waals surface area (Å²) in [7, 11) is 0. The highest BCUT2D eigenvalue weighted by atomic mass is 35.5. The van der Waals surface area contributed by atoms with Gasteiger partial charge in [-0.3, -0.25) is 0 Å². The van der Waals surface area contributed by atoms with Gasteiger partial charge in [-0.05, 0) is 23.8 Å². The van der Waals surface area contributed by atoms with Crippen LogP contribution in [0.2, 0.25) is 5.02 Å². The van der Waals surface area contributed by atoms with Crippen LogP contribution in [-0.2, 0) is 0 Å². The maximum absolute atomic E-state index is 12.5. The molecule has 1 rings (SSSR count). The van der Waals surface area contributed by atoms with Crippen molar-refractivity contribution in [1.29, 1.82) is 0 Å². The Labute approximate surface area is 75.1 Å². The van der Waals surface area contributed by atoms with Crippen molar-refractivity contribution in [2.75, 3.05) is 6.61 Å². The van der Waals surface area contributed by atoms with E-state index in [2.05, 4.69) is 0 Å². The van der Waals surface area contributed by atoms with E-state index in [1.165, 1.54) is 6.08 Å². The summed E-state index contributed by atoms with van der Waals surface area (Å²) < 4.78 is 12.5. The van der Waals surface area contributed by atoms with Gasteiger partial charge in [-0.15, -0.1) is 0 Å². The fourth-order valence-corrected chi connectivity index (χ4v) is 0.911. The summed E-state index contributed by atoms with van der Waals surface area (Å²) in [6, 6.07) is 6.69. The smallest absolute Gasteiger partial charge is 0.126 e. The average Bonchev–Trinajstić information content (AvgIpc) is 2.09. The zero-order valence-corrected chi connectivity index (χ0v) is 7.05. The zero-order chi connectivity index (χ0) is 8.97. The lowest BCUT2D eigenvalue weighted by Crippen LogP contribution is -1.81. The van der Waals surface area contributed by atoms with Crippen LogP contribution < -0.4 is 0 Å². The Balaban J connectivity index is 2.84. The Morgan fingerprint density at radius 1 is 1.42 bits per heavy atom. The van der Waals surface area contributed by atoms with Crippen LogP contribution in [0.25, 0.3) is 6.08 Å². The maximum Gasteiger partial charge on any atom is 0.126 e. The fraction of sp³-hybridized carbons (Fsp3) is 0.111. The summed E-state index contributed by atoms with van der Waals surface area (Å²) in [6.07, 6.45) is 1.26. The van der Waals surface area contributed by atoms with E-state index in [4.69, 9.17) is 16.7 Å². The van der Waals surface area contributed by atoms with E-state index in [1.807, 2.05) is 0 Å². The molecule has 64 valence electrons. The molecule has 0 atom stereocenters. The lowest BCUT2D eigenvalue weighted by molar-refractivity contribution is 0.300. The van der Waals surface area contributed by atoms with Crippen molar-refractivity contribution >= 4 is 17.7 Å². The Kier molecular flexibility index (Phi) is 3.26. The van der Waals surface area contributed by atoms with Gasteiger partial charge in [0.05, 0.1) is 6.61 Å². The second kappa shape index (κ2) is 4.24. The Bertz CT molecular complexity index is 279. The Morgan fingerprint density at radius 3 is 2.50 bits per heavy atom. The van der Waals surface area contributed by atoms with Gasteiger partial charge >= 0.3 is 0 Å². The Morgan fingerprint density at radius 2 is 2.00 bits per heavy atom. The van der Waals surface area contributed by atoms with Gasteiger partial charge in [0, 0.05) is 5.02 Å². The molecule has 1 aromatic rings. The highest BCUT2D eigenvalue weighted by molar-refractivity contribution is 6.30. The SMILES string of the molecule is OC/C(F)=C\c1ccc(Cl)cc1. The van der Waals surface area contributed by atoms with Gasteiger partial charge in [0.1, 0.15) is 5.83 Å². The minimum absolute atomic E-state index is 0.558. The largest absolute Gasteiger partial charge is 0.389 e. The second-order valence-corrected chi connectivity index (χ2v) is 2.74. The van der Waals surface area contributed by atoms with Crippen LogP contribution in [0.1, 0.15) is 5.56 Å². The third-order valence-electron chi connectivity index (χ3n) is 1.34. The van der Waals surface area contributed by atoms with Gasteiger partial charge in [0.2, 0.25) is 0 Å². The van der Waals surface area contributed by atoms with Crippen molar-refractivity contribution in [3.8, 4) is 0 Å². The molecule has 0 radical (unpaired) electrons. The quantitative estimate of drug-likeness (QED) is 0.753. The second-order valence-electron chi connectivity index (χ2n) is 2.30. The number of aliphatic hydroxyl groups excluding tert-OH is 1. The summed E-state index contributed by atoms with van der Waals surface area (Å²) in [5.74, 6) is -0.558. The number of halogens is 2. The highest BCUT2D eigenvalue weighted by Gasteiger charge is 1.92. The van der Waals surface area contributed by atoms with Crippen LogP contribution in [0, 0.1) is 0 Å². The maximum atomic E-state index is 12.5. The normalized spacial score (nSPS) is 11.8. The van der Waals surface area contributed by atoms with E-state index >= 15 is 0 Å². The monoisotopic (exact) mass is 186 g/mol. The molecule has 1 nitrogen and oxygen atoms in total. The van der Waals surface area contributed by atoms with Gasteiger partial charge in [-0.1, -0.05) is 23.7 Å². The van der Waals surface area contributed by atoms with Crippen molar-refractivity contribution in [3.63, 3.8) is 0 Å². The number of benzene rings is 1. The number of hydrogen-bond acceptors (Lipinski definition) is 1. The lowest BCUT2D eigenvalue weighted by atomic mass is 10.2. The highest BCUT2D eigenvalue weighted by Crippen LogP contribution is 2.12. The van der Waals surface area contributed by atoms with Gasteiger partial charge in [0.25, 0.3) is 0 Å². The first-order chi connectivity index (χ1) is 5.72. The summed E-state index contributed by atoms with van der Waals surface area (Å²) >= 11 is 5.62. The van der Waals surface area contributed by atoms with Gasteiger partial charge in [-0.2, -0.15) is 0 Å². The first-order valence-electron chi connectivity index (χ1n) is 3.45. The van der Waals surface area contributed by atoms with Crippen LogP contribution in [0.4, 0.5) is 4.39 Å². The van der Waals surface area contributed by atoms with Crippen LogP contribution in [-0.4, -0.2) is 11.7 Å². The molecule has 0 unspecified atom stereocenters.